The molecule has 0 aliphatic carbocycles. The van der Waals surface area contributed by atoms with Crippen LogP contribution in [0.3, 0.4) is 0 Å². The van der Waals surface area contributed by atoms with Gasteiger partial charge in [0.2, 0.25) is 0 Å². The molecule has 1 saturated heterocycles. The van der Waals surface area contributed by atoms with Gasteiger partial charge in [-0.25, -0.2) is 4.39 Å². The number of fused-ring (bicyclic) bond motifs is 1. The normalized spacial score (nSPS) is 19.0. The van der Waals surface area contributed by atoms with Gasteiger partial charge in [-0.2, -0.15) is 0 Å². The van der Waals surface area contributed by atoms with E-state index in [-0.39, 0.29) is 11.9 Å². The highest BCUT2D eigenvalue weighted by Crippen LogP contribution is 2.26. The minimum atomic E-state index is -0.220. The second kappa shape index (κ2) is 6.72. The van der Waals surface area contributed by atoms with Gasteiger partial charge in [0.15, 0.2) is 3.95 Å². The van der Waals surface area contributed by atoms with Crippen molar-refractivity contribution in [1.29, 1.82) is 0 Å². The number of hydrogen-bond acceptors (Lipinski definition) is 4. The van der Waals surface area contributed by atoms with Gasteiger partial charge in [0.05, 0.1) is 29.6 Å². The predicted octanol–water partition coefficient (Wildman–Crippen LogP) is 4.60. The molecule has 3 aromatic rings. The molecule has 0 spiro atoms. The molecule has 1 atom stereocenters. The topological polar surface area (TPSA) is 17.4 Å². The van der Waals surface area contributed by atoms with Crippen molar-refractivity contribution in [3.8, 4) is 0 Å². The summed E-state index contributed by atoms with van der Waals surface area (Å²) in [6.45, 7) is 3.06. The van der Waals surface area contributed by atoms with Crippen LogP contribution in [0.4, 0.5) is 4.39 Å². The zero-order chi connectivity index (χ0) is 16.5. The van der Waals surface area contributed by atoms with Crippen LogP contribution in [0.5, 0.6) is 0 Å². The number of halogens is 1. The summed E-state index contributed by atoms with van der Waals surface area (Å²) in [5.74, 6) is -0.220. The lowest BCUT2D eigenvalue weighted by Gasteiger charge is -2.33. The lowest BCUT2D eigenvalue weighted by Crippen LogP contribution is -2.39. The van der Waals surface area contributed by atoms with E-state index in [0.717, 1.165) is 29.3 Å². The highest BCUT2D eigenvalue weighted by molar-refractivity contribution is 7.73. The molecule has 0 radical (unpaired) electrons. The second-order valence-electron chi connectivity index (χ2n) is 5.89. The Kier molecular flexibility index (Phi) is 4.45. The summed E-state index contributed by atoms with van der Waals surface area (Å²) in [5, 5.41) is 0. The fourth-order valence-electron chi connectivity index (χ4n) is 3.06. The monoisotopic (exact) mass is 360 g/mol. The van der Waals surface area contributed by atoms with Gasteiger partial charge in [-0.3, -0.25) is 4.90 Å². The standard InChI is InChI=1S/C18H17FN2OS2/c19-14-7-5-13(6-8-14)16-11-20(9-10-22-16)12-21-15-3-1-2-4-17(15)24-18(21)23/h1-8,16H,9-12H2/t16-/m1/s1. The van der Waals surface area contributed by atoms with Crippen LogP contribution in [0.2, 0.25) is 0 Å². The summed E-state index contributed by atoms with van der Waals surface area (Å²) in [5.41, 5.74) is 2.19. The molecule has 4 rings (SSSR count). The van der Waals surface area contributed by atoms with E-state index in [9.17, 15) is 4.39 Å². The SMILES string of the molecule is Fc1ccc([C@H]2CN(Cn3c(=S)sc4ccccc43)CCO2)cc1. The molecule has 3 nitrogen and oxygen atoms in total. The molecule has 0 N–H and O–H groups in total. The number of thiazole rings is 1. The van der Waals surface area contributed by atoms with E-state index in [4.69, 9.17) is 17.0 Å². The number of rotatable bonds is 3. The minimum absolute atomic E-state index is 0.0292. The molecule has 0 saturated carbocycles. The average Bonchev–Trinajstić information content (AvgIpc) is 2.92. The zero-order valence-corrected chi connectivity index (χ0v) is 14.7. The lowest BCUT2D eigenvalue weighted by molar-refractivity contribution is -0.0399. The quantitative estimate of drug-likeness (QED) is 0.636. The van der Waals surface area contributed by atoms with E-state index < -0.39 is 0 Å². The molecule has 124 valence electrons. The van der Waals surface area contributed by atoms with Crippen molar-refractivity contribution in [2.24, 2.45) is 0 Å². The summed E-state index contributed by atoms with van der Waals surface area (Å²) in [6.07, 6.45) is -0.0292. The Bertz CT molecular complexity index is 903. The summed E-state index contributed by atoms with van der Waals surface area (Å²) >= 11 is 7.18. The molecule has 1 aliphatic rings. The Morgan fingerprint density at radius 2 is 1.96 bits per heavy atom. The van der Waals surface area contributed by atoms with Gasteiger partial charge < -0.3 is 9.30 Å². The van der Waals surface area contributed by atoms with E-state index in [1.807, 2.05) is 12.1 Å². The number of benzene rings is 2. The van der Waals surface area contributed by atoms with E-state index in [0.29, 0.717) is 6.61 Å². The summed E-state index contributed by atoms with van der Waals surface area (Å²) in [7, 11) is 0. The molecular weight excluding hydrogens is 343 g/mol. The van der Waals surface area contributed by atoms with Crippen molar-refractivity contribution in [1.82, 2.24) is 9.47 Å². The first kappa shape index (κ1) is 15.9. The highest BCUT2D eigenvalue weighted by atomic mass is 32.1. The second-order valence-corrected chi connectivity index (χ2v) is 7.57. The van der Waals surface area contributed by atoms with Gasteiger partial charge in [0.25, 0.3) is 0 Å². The number of ether oxygens (including phenoxy) is 1. The van der Waals surface area contributed by atoms with E-state index in [1.165, 1.54) is 22.3 Å². The van der Waals surface area contributed by atoms with Crippen LogP contribution in [0.15, 0.2) is 48.5 Å². The smallest absolute Gasteiger partial charge is 0.163 e. The van der Waals surface area contributed by atoms with Crippen LogP contribution in [0, 0.1) is 9.77 Å². The molecule has 1 fully saturated rings. The van der Waals surface area contributed by atoms with Gasteiger partial charge in [-0.1, -0.05) is 24.3 Å². The van der Waals surface area contributed by atoms with E-state index >= 15 is 0 Å². The molecular formula is C18H17FN2OS2. The first-order valence-electron chi connectivity index (χ1n) is 7.88. The van der Waals surface area contributed by atoms with Crippen LogP contribution >= 0.6 is 23.6 Å². The number of hydrogen-bond donors (Lipinski definition) is 0. The fraction of sp³-hybridized carbons (Fsp3) is 0.278. The van der Waals surface area contributed by atoms with Gasteiger partial charge in [0, 0.05) is 13.1 Å². The number of nitrogens with zero attached hydrogens (tertiary/aromatic N) is 2. The molecule has 2 heterocycles. The van der Waals surface area contributed by atoms with Crippen LogP contribution < -0.4 is 0 Å². The van der Waals surface area contributed by atoms with Crippen molar-refractivity contribution in [3.05, 3.63) is 63.9 Å². The predicted molar refractivity (Wildman–Crippen MR) is 97.3 cm³/mol. The molecule has 0 amide bonds. The third-order valence-electron chi connectivity index (χ3n) is 4.31. The maximum atomic E-state index is 13.1. The average molecular weight is 360 g/mol. The number of para-hydroxylation sites is 1. The molecule has 0 unspecified atom stereocenters. The van der Waals surface area contributed by atoms with Crippen molar-refractivity contribution >= 4 is 33.8 Å². The number of aromatic nitrogens is 1. The molecule has 6 heteroatoms. The first-order chi connectivity index (χ1) is 11.7. The summed E-state index contributed by atoms with van der Waals surface area (Å²) in [4.78, 5) is 2.34. The van der Waals surface area contributed by atoms with E-state index in [2.05, 4.69) is 21.6 Å². The van der Waals surface area contributed by atoms with Crippen LogP contribution in [0.1, 0.15) is 11.7 Å². The Balaban J connectivity index is 1.55. The van der Waals surface area contributed by atoms with Crippen LogP contribution in [0.25, 0.3) is 10.2 Å². The van der Waals surface area contributed by atoms with Gasteiger partial charge in [-0.15, -0.1) is 11.3 Å². The van der Waals surface area contributed by atoms with E-state index in [1.54, 1.807) is 23.5 Å². The lowest BCUT2D eigenvalue weighted by atomic mass is 10.1. The Morgan fingerprint density at radius 1 is 1.17 bits per heavy atom. The van der Waals surface area contributed by atoms with Crippen molar-refractivity contribution in [3.63, 3.8) is 0 Å². The van der Waals surface area contributed by atoms with Gasteiger partial charge >= 0.3 is 0 Å². The largest absolute Gasteiger partial charge is 0.371 e. The Morgan fingerprint density at radius 3 is 2.79 bits per heavy atom. The number of morpholine rings is 1. The van der Waals surface area contributed by atoms with Crippen LogP contribution in [-0.2, 0) is 11.4 Å². The molecule has 0 bridgehead atoms. The molecule has 1 aliphatic heterocycles. The third-order valence-corrected chi connectivity index (χ3v) is 5.74. The summed E-state index contributed by atoms with van der Waals surface area (Å²) < 4.78 is 23.3. The van der Waals surface area contributed by atoms with Crippen molar-refractivity contribution in [2.45, 2.75) is 12.8 Å². The van der Waals surface area contributed by atoms with Gasteiger partial charge in [-0.05, 0) is 42.0 Å². The highest BCUT2D eigenvalue weighted by Gasteiger charge is 2.22. The maximum absolute atomic E-state index is 13.1. The van der Waals surface area contributed by atoms with Crippen LogP contribution in [-0.4, -0.2) is 29.2 Å². The third kappa shape index (κ3) is 3.15. The minimum Gasteiger partial charge on any atom is -0.371 e. The first-order valence-corrected chi connectivity index (χ1v) is 9.11. The Labute approximate surface area is 148 Å². The molecule has 1 aromatic heterocycles. The molecule has 2 aromatic carbocycles. The molecule has 24 heavy (non-hydrogen) atoms. The Hall–Kier alpha value is -1.60. The summed E-state index contributed by atoms with van der Waals surface area (Å²) in [6, 6.07) is 14.9. The zero-order valence-electron chi connectivity index (χ0n) is 13.0. The van der Waals surface area contributed by atoms with Gasteiger partial charge in [0.1, 0.15) is 5.82 Å². The fourth-order valence-corrected chi connectivity index (χ4v) is 4.37. The maximum Gasteiger partial charge on any atom is 0.163 e. The van der Waals surface area contributed by atoms with Crippen molar-refractivity contribution in [2.75, 3.05) is 19.7 Å². The van der Waals surface area contributed by atoms with Crippen molar-refractivity contribution < 1.29 is 9.13 Å².